The molecule has 0 aliphatic heterocycles. The van der Waals surface area contributed by atoms with Crippen LogP contribution in [0.1, 0.15) is 24.9 Å². The van der Waals surface area contributed by atoms with Gasteiger partial charge in [-0.1, -0.05) is 23.7 Å². The van der Waals surface area contributed by atoms with Gasteiger partial charge in [0.1, 0.15) is 0 Å². The number of rotatable bonds is 9. The Labute approximate surface area is 121 Å². The number of nitrogens with one attached hydrogen (secondary N) is 1. The topological polar surface area (TPSA) is 24.5 Å². The van der Waals surface area contributed by atoms with Crippen LogP contribution in [-0.2, 0) is 4.74 Å². The van der Waals surface area contributed by atoms with Crippen molar-refractivity contribution in [1.29, 1.82) is 0 Å². The zero-order chi connectivity index (χ0) is 14.1. The summed E-state index contributed by atoms with van der Waals surface area (Å²) in [5, 5.41) is 4.15. The van der Waals surface area contributed by atoms with Crippen LogP contribution in [0.5, 0.6) is 0 Å². The summed E-state index contributed by atoms with van der Waals surface area (Å²) in [6.45, 7) is 5.62. The Kier molecular flexibility index (Phi) is 8.07. The van der Waals surface area contributed by atoms with Gasteiger partial charge in [-0.15, -0.1) is 0 Å². The van der Waals surface area contributed by atoms with Gasteiger partial charge in [0.25, 0.3) is 0 Å². The lowest BCUT2D eigenvalue weighted by atomic mass is 10.0. The maximum atomic E-state index is 6.04. The average Bonchev–Trinajstić information content (AvgIpc) is 2.40. The summed E-state index contributed by atoms with van der Waals surface area (Å²) in [5.41, 5.74) is 1.24. The molecule has 0 aliphatic rings. The number of hydrogen-bond acceptors (Lipinski definition) is 3. The van der Waals surface area contributed by atoms with E-state index >= 15 is 0 Å². The van der Waals surface area contributed by atoms with E-state index in [0.29, 0.717) is 6.04 Å². The summed E-state index contributed by atoms with van der Waals surface area (Å²) >= 11 is 6.04. The summed E-state index contributed by atoms with van der Waals surface area (Å²) in [4.78, 5) is 2.30. The minimum Gasteiger partial charge on any atom is -0.380 e. The molecule has 0 saturated carbocycles. The third kappa shape index (κ3) is 6.39. The van der Waals surface area contributed by atoms with Crippen molar-refractivity contribution < 1.29 is 4.74 Å². The second kappa shape index (κ2) is 9.32. The lowest BCUT2D eigenvalue weighted by molar-refractivity contribution is 0.121. The van der Waals surface area contributed by atoms with E-state index in [1.807, 2.05) is 32.2 Å². The highest BCUT2D eigenvalue weighted by Crippen LogP contribution is 2.20. The number of nitrogens with zero attached hydrogens (tertiary/aromatic N) is 1. The van der Waals surface area contributed by atoms with Crippen LogP contribution >= 0.6 is 11.6 Å². The van der Waals surface area contributed by atoms with Gasteiger partial charge in [-0.05, 0) is 51.7 Å². The Morgan fingerprint density at radius 3 is 2.79 bits per heavy atom. The molecule has 19 heavy (non-hydrogen) atoms. The molecule has 0 aromatic heterocycles. The largest absolute Gasteiger partial charge is 0.380 e. The van der Waals surface area contributed by atoms with E-state index in [2.05, 4.69) is 23.3 Å². The van der Waals surface area contributed by atoms with Gasteiger partial charge in [-0.25, -0.2) is 0 Å². The molecule has 1 aromatic carbocycles. The number of hydrogen-bond donors (Lipinski definition) is 1. The van der Waals surface area contributed by atoms with Crippen LogP contribution in [0.25, 0.3) is 0 Å². The molecule has 0 spiro atoms. The van der Waals surface area contributed by atoms with E-state index in [1.54, 1.807) is 0 Å². The first-order valence-corrected chi connectivity index (χ1v) is 7.24. The molecule has 108 valence electrons. The normalized spacial score (nSPS) is 12.9. The fourth-order valence-corrected chi connectivity index (χ4v) is 2.23. The summed E-state index contributed by atoms with van der Waals surface area (Å²) in [6.07, 6.45) is 1.06. The standard InChI is InChI=1S/C15H25ClN2O/c1-4-19-11-10-18(3)9-8-15(17-2)13-6-5-7-14(16)12-13/h5-7,12,15,17H,4,8-11H2,1-3H3. The second-order valence-corrected chi connectivity index (χ2v) is 5.12. The van der Waals surface area contributed by atoms with Gasteiger partial charge in [0.05, 0.1) is 6.61 Å². The van der Waals surface area contributed by atoms with E-state index < -0.39 is 0 Å². The third-order valence-corrected chi connectivity index (χ3v) is 3.46. The van der Waals surface area contributed by atoms with E-state index in [4.69, 9.17) is 16.3 Å². The lowest BCUT2D eigenvalue weighted by Crippen LogP contribution is -2.28. The molecule has 0 amide bonds. The molecule has 3 nitrogen and oxygen atoms in total. The first-order valence-electron chi connectivity index (χ1n) is 6.86. The highest BCUT2D eigenvalue weighted by Gasteiger charge is 2.10. The van der Waals surface area contributed by atoms with Crippen LogP contribution in [0.2, 0.25) is 5.02 Å². The molecule has 0 heterocycles. The first-order chi connectivity index (χ1) is 9.17. The molecule has 0 bridgehead atoms. The molecule has 1 N–H and O–H groups in total. The van der Waals surface area contributed by atoms with Crippen molar-refractivity contribution in [3.63, 3.8) is 0 Å². The summed E-state index contributed by atoms with van der Waals surface area (Å²) in [7, 11) is 4.12. The Balaban J connectivity index is 2.40. The molecule has 1 unspecified atom stereocenters. The minimum atomic E-state index is 0.341. The van der Waals surface area contributed by atoms with Gasteiger partial charge in [-0.3, -0.25) is 0 Å². The highest BCUT2D eigenvalue weighted by atomic mass is 35.5. The highest BCUT2D eigenvalue weighted by molar-refractivity contribution is 6.30. The van der Waals surface area contributed by atoms with Gasteiger partial charge in [-0.2, -0.15) is 0 Å². The molecule has 0 fully saturated rings. The van der Waals surface area contributed by atoms with Gasteiger partial charge < -0.3 is 15.0 Å². The Morgan fingerprint density at radius 2 is 2.16 bits per heavy atom. The number of benzene rings is 1. The van der Waals surface area contributed by atoms with Crippen molar-refractivity contribution in [3.8, 4) is 0 Å². The smallest absolute Gasteiger partial charge is 0.0593 e. The molecule has 0 radical (unpaired) electrons. The zero-order valence-electron chi connectivity index (χ0n) is 12.2. The predicted molar refractivity (Wildman–Crippen MR) is 81.9 cm³/mol. The van der Waals surface area contributed by atoms with E-state index in [9.17, 15) is 0 Å². The fraction of sp³-hybridized carbons (Fsp3) is 0.600. The SMILES string of the molecule is CCOCCN(C)CCC(NC)c1cccc(Cl)c1. The summed E-state index contributed by atoms with van der Waals surface area (Å²) < 4.78 is 5.36. The monoisotopic (exact) mass is 284 g/mol. The van der Waals surface area contributed by atoms with Crippen LogP contribution in [0, 0.1) is 0 Å². The van der Waals surface area contributed by atoms with Gasteiger partial charge >= 0.3 is 0 Å². The molecule has 1 rings (SSSR count). The van der Waals surface area contributed by atoms with Crippen LogP contribution in [0.4, 0.5) is 0 Å². The van der Waals surface area contributed by atoms with Gasteiger partial charge in [0.2, 0.25) is 0 Å². The van der Waals surface area contributed by atoms with Crippen LogP contribution in [-0.4, -0.2) is 45.3 Å². The lowest BCUT2D eigenvalue weighted by Gasteiger charge is -2.21. The molecule has 1 aromatic rings. The van der Waals surface area contributed by atoms with E-state index in [1.165, 1.54) is 5.56 Å². The number of ether oxygens (including phenoxy) is 1. The number of likely N-dealkylation sites (N-methyl/N-ethyl adjacent to an activating group) is 1. The summed E-state index contributed by atoms with van der Waals surface area (Å²) in [6, 6.07) is 8.40. The van der Waals surface area contributed by atoms with Gasteiger partial charge in [0, 0.05) is 24.2 Å². The van der Waals surface area contributed by atoms with Crippen molar-refractivity contribution in [2.45, 2.75) is 19.4 Å². The van der Waals surface area contributed by atoms with E-state index in [0.717, 1.165) is 37.7 Å². The van der Waals surface area contributed by atoms with Crippen LogP contribution in [0.3, 0.4) is 0 Å². The fourth-order valence-electron chi connectivity index (χ4n) is 2.03. The Bertz CT molecular complexity index is 360. The van der Waals surface area contributed by atoms with Crippen molar-refractivity contribution in [2.24, 2.45) is 0 Å². The maximum Gasteiger partial charge on any atom is 0.0593 e. The quantitative estimate of drug-likeness (QED) is 0.706. The van der Waals surface area contributed by atoms with Crippen LogP contribution < -0.4 is 5.32 Å². The molecular formula is C15H25ClN2O. The number of halogens is 1. The molecule has 0 aliphatic carbocycles. The van der Waals surface area contributed by atoms with Crippen LogP contribution in [0.15, 0.2) is 24.3 Å². The molecule has 1 atom stereocenters. The third-order valence-electron chi connectivity index (χ3n) is 3.22. The van der Waals surface area contributed by atoms with Crippen molar-refractivity contribution in [3.05, 3.63) is 34.9 Å². The van der Waals surface area contributed by atoms with Gasteiger partial charge in [0.15, 0.2) is 0 Å². The Hall–Kier alpha value is -0.610. The Morgan fingerprint density at radius 1 is 1.37 bits per heavy atom. The van der Waals surface area contributed by atoms with Crippen molar-refractivity contribution in [1.82, 2.24) is 10.2 Å². The average molecular weight is 285 g/mol. The summed E-state index contributed by atoms with van der Waals surface area (Å²) in [5.74, 6) is 0. The molecular weight excluding hydrogens is 260 g/mol. The maximum absolute atomic E-state index is 6.04. The first kappa shape index (κ1) is 16.4. The predicted octanol–water partition coefficient (Wildman–Crippen LogP) is 2.96. The van der Waals surface area contributed by atoms with E-state index in [-0.39, 0.29) is 0 Å². The second-order valence-electron chi connectivity index (χ2n) is 4.69. The molecule has 4 heteroatoms. The van der Waals surface area contributed by atoms with Crippen molar-refractivity contribution >= 4 is 11.6 Å². The molecule has 0 saturated heterocycles. The zero-order valence-corrected chi connectivity index (χ0v) is 12.9. The minimum absolute atomic E-state index is 0.341. The van der Waals surface area contributed by atoms with Crippen molar-refractivity contribution in [2.75, 3.05) is 40.4 Å².